The molecule has 0 aliphatic heterocycles. The minimum atomic E-state index is -0.406. The lowest BCUT2D eigenvalue weighted by Crippen LogP contribution is -2.10. The van der Waals surface area contributed by atoms with Crippen LogP contribution in [0.1, 0.15) is 10.4 Å². The number of hydrogen-bond acceptors (Lipinski definition) is 1. The van der Waals surface area contributed by atoms with Crippen LogP contribution in [-0.4, -0.2) is 10.9 Å². The number of primary amides is 1. The Bertz CT molecular complexity index is 746. The number of rotatable bonds is 1. The molecule has 0 atom stereocenters. The van der Waals surface area contributed by atoms with E-state index in [4.69, 9.17) is 5.73 Å². The van der Waals surface area contributed by atoms with Gasteiger partial charge >= 0.3 is 0 Å². The molecule has 1 heterocycles. The Labute approximate surface area is 106 Å². The molecule has 3 nitrogen and oxygen atoms in total. The summed E-state index contributed by atoms with van der Waals surface area (Å²) in [5.41, 5.74) is 7.86. The highest BCUT2D eigenvalue weighted by atomic mass is 79.9. The zero-order valence-corrected chi connectivity index (χ0v) is 10.4. The lowest BCUT2D eigenvalue weighted by molar-refractivity contribution is 0.100. The van der Waals surface area contributed by atoms with Crippen LogP contribution < -0.4 is 5.73 Å². The second-order valence-corrected chi connectivity index (χ2v) is 4.86. The smallest absolute Gasteiger partial charge is 0.248 e. The molecule has 0 saturated heterocycles. The van der Waals surface area contributed by atoms with Gasteiger partial charge in [0.15, 0.2) is 0 Å². The van der Waals surface area contributed by atoms with Crippen molar-refractivity contribution in [2.24, 2.45) is 5.73 Å². The van der Waals surface area contributed by atoms with Gasteiger partial charge in [-0.15, -0.1) is 0 Å². The first-order valence-corrected chi connectivity index (χ1v) is 5.95. The maximum atomic E-state index is 11.2. The minimum absolute atomic E-state index is 0.406. The molecule has 4 heteroatoms. The van der Waals surface area contributed by atoms with E-state index in [9.17, 15) is 4.79 Å². The van der Waals surface area contributed by atoms with Gasteiger partial charge in [-0.2, -0.15) is 0 Å². The van der Waals surface area contributed by atoms with Crippen LogP contribution in [-0.2, 0) is 0 Å². The number of aromatic amines is 1. The average molecular weight is 289 g/mol. The lowest BCUT2D eigenvalue weighted by Gasteiger charge is -1.96. The molecular formula is C13H9BrN2O. The summed E-state index contributed by atoms with van der Waals surface area (Å²) in [6.07, 6.45) is 0. The van der Waals surface area contributed by atoms with E-state index in [1.807, 2.05) is 30.3 Å². The van der Waals surface area contributed by atoms with E-state index in [1.54, 1.807) is 6.07 Å². The molecule has 2 aromatic carbocycles. The Hall–Kier alpha value is -1.81. The molecule has 3 aromatic rings. The van der Waals surface area contributed by atoms with Crippen LogP contribution in [0.3, 0.4) is 0 Å². The Kier molecular flexibility index (Phi) is 2.19. The van der Waals surface area contributed by atoms with Crippen molar-refractivity contribution in [3.05, 3.63) is 46.4 Å². The van der Waals surface area contributed by atoms with Gasteiger partial charge in [0.25, 0.3) is 0 Å². The monoisotopic (exact) mass is 288 g/mol. The Morgan fingerprint density at radius 1 is 1.06 bits per heavy atom. The number of nitrogens with one attached hydrogen (secondary N) is 1. The van der Waals surface area contributed by atoms with Crippen LogP contribution in [0.4, 0.5) is 0 Å². The molecule has 0 saturated carbocycles. The van der Waals surface area contributed by atoms with Crippen LogP contribution in [0.5, 0.6) is 0 Å². The highest BCUT2D eigenvalue weighted by Crippen LogP contribution is 2.28. The van der Waals surface area contributed by atoms with Crippen LogP contribution >= 0.6 is 15.9 Å². The highest BCUT2D eigenvalue weighted by molar-refractivity contribution is 9.10. The van der Waals surface area contributed by atoms with Crippen LogP contribution in [0, 0.1) is 0 Å². The number of hydrogen-bond donors (Lipinski definition) is 2. The molecular weight excluding hydrogens is 280 g/mol. The van der Waals surface area contributed by atoms with Gasteiger partial charge in [-0.05, 0) is 36.4 Å². The van der Waals surface area contributed by atoms with Gasteiger partial charge in [-0.25, -0.2) is 0 Å². The van der Waals surface area contributed by atoms with Gasteiger partial charge in [-0.3, -0.25) is 4.79 Å². The fourth-order valence-corrected chi connectivity index (χ4v) is 2.38. The van der Waals surface area contributed by atoms with E-state index >= 15 is 0 Å². The molecule has 0 aliphatic carbocycles. The number of amides is 1. The summed E-state index contributed by atoms with van der Waals surface area (Å²) in [6.45, 7) is 0. The van der Waals surface area contributed by atoms with Crippen molar-refractivity contribution in [1.82, 2.24) is 4.98 Å². The van der Waals surface area contributed by atoms with Crippen molar-refractivity contribution in [2.45, 2.75) is 0 Å². The number of benzene rings is 2. The number of halogens is 1. The molecule has 0 spiro atoms. The molecule has 1 amide bonds. The second kappa shape index (κ2) is 3.60. The van der Waals surface area contributed by atoms with Crippen molar-refractivity contribution in [2.75, 3.05) is 0 Å². The molecule has 0 radical (unpaired) electrons. The van der Waals surface area contributed by atoms with Crippen molar-refractivity contribution >= 4 is 43.6 Å². The van der Waals surface area contributed by atoms with E-state index in [0.717, 1.165) is 26.3 Å². The maximum absolute atomic E-state index is 11.2. The molecule has 3 rings (SSSR count). The third kappa shape index (κ3) is 1.61. The van der Waals surface area contributed by atoms with E-state index in [-0.39, 0.29) is 0 Å². The van der Waals surface area contributed by atoms with Gasteiger partial charge in [0, 0.05) is 31.8 Å². The third-order valence-electron chi connectivity index (χ3n) is 2.85. The third-order valence-corrected chi connectivity index (χ3v) is 3.34. The van der Waals surface area contributed by atoms with Crippen molar-refractivity contribution in [3.8, 4) is 0 Å². The first-order valence-electron chi connectivity index (χ1n) is 5.16. The van der Waals surface area contributed by atoms with E-state index in [0.29, 0.717) is 5.56 Å². The van der Waals surface area contributed by atoms with Crippen LogP contribution in [0.25, 0.3) is 21.8 Å². The Morgan fingerprint density at radius 3 is 2.41 bits per heavy atom. The summed E-state index contributed by atoms with van der Waals surface area (Å²) in [5.74, 6) is -0.406. The summed E-state index contributed by atoms with van der Waals surface area (Å²) in [4.78, 5) is 14.5. The fourth-order valence-electron chi connectivity index (χ4n) is 2.02. The molecule has 0 fully saturated rings. The number of carbonyl (C=O) groups excluding carboxylic acids is 1. The van der Waals surface area contributed by atoms with E-state index in [1.165, 1.54) is 0 Å². The predicted molar refractivity (Wildman–Crippen MR) is 72.0 cm³/mol. The molecule has 1 aromatic heterocycles. The number of carbonyl (C=O) groups is 1. The van der Waals surface area contributed by atoms with Crippen molar-refractivity contribution < 1.29 is 4.79 Å². The second-order valence-electron chi connectivity index (χ2n) is 3.94. The number of nitrogens with two attached hydrogens (primary N) is 1. The average Bonchev–Trinajstić information content (AvgIpc) is 2.66. The minimum Gasteiger partial charge on any atom is -0.366 e. The number of H-pyrrole nitrogens is 1. The molecule has 0 aliphatic rings. The van der Waals surface area contributed by atoms with E-state index < -0.39 is 5.91 Å². The summed E-state index contributed by atoms with van der Waals surface area (Å²) < 4.78 is 1.01. The van der Waals surface area contributed by atoms with Crippen LogP contribution in [0.15, 0.2) is 40.9 Å². The highest BCUT2D eigenvalue weighted by Gasteiger charge is 2.07. The van der Waals surface area contributed by atoms with Gasteiger partial charge < -0.3 is 10.7 Å². The van der Waals surface area contributed by atoms with E-state index in [2.05, 4.69) is 20.9 Å². The van der Waals surface area contributed by atoms with Crippen molar-refractivity contribution in [1.29, 1.82) is 0 Å². The molecule has 3 N–H and O–H groups in total. The number of fused-ring (bicyclic) bond motifs is 3. The number of aromatic nitrogens is 1. The molecule has 17 heavy (non-hydrogen) atoms. The molecule has 0 bridgehead atoms. The zero-order valence-electron chi connectivity index (χ0n) is 8.83. The van der Waals surface area contributed by atoms with Gasteiger partial charge in [0.2, 0.25) is 5.91 Å². The first-order chi connectivity index (χ1) is 8.15. The predicted octanol–water partition coefficient (Wildman–Crippen LogP) is 3.18. The quantitative estimate of drug-likeness (QED) is 0.710. The Morgan fingerprint density at radius 2 is 1.71 bits per heavy atom. The summed E-state index contributed by atoms with van der Waals surface area (Å²) >= 11 is 3.44. The normalized spacial score (nSPS) is 11.1. The lowest BCUT2D eigenvalue weighted by atomic mass is 10.1. The maximum Gasteiger partial charge on any atom is 0.248 e. The van der Waals surface area contributed by atoms with Gasteiger partial charge in [-0.1, -0.05) is 15.9 Å². The topological polar surface area (TPSA) is 58.9 Å². The largest absolute Gasteiger partial charge is 0.366 e. The van der Waals surface area contributed by atoms with Gasteiger partial charge in [0.1, 0.15) is 0 Å². The van der Waals surface area contributed by atoms with Crippen LogP contribution in [0.2, 0.25) is 0 Å². The fraction of sp³-hybridized carbons (Fsp3) is 0. The SMILES string of the molecule is NC(=O)c1ccc2[nH]c3ccc(Br)cc3c2c1. The summed E-state index contributed by atoms with van der Waals surface area (Å²) in [7, 11) is 0. The van der Waals surface area contributed by atoms with Crippen molar-refractivity contribution in [3.63, 3.8) is 0 Å². The molecule has 84 valence electrons. The standard InChI is InChI=1S/C13H9BrN2O/c14-8-2-4-12-10(6-8)9-5-7(13(15)17)1-3-11(9)16-12/h1-6,16H,(H2,15,17). The summed E-state index contributed by atoms with van der Waals surface area (Å²) in [6, 6.07) is 11.4. The Balaban J connectivity index is 2.43. The molecule has 0 unspecified atom stereocenters. The summed E-state index contributed by atoms with van der Waals surface area (Å²) in [5, 5.41) is 2.09. The zero-order chi connectivity index (χ0) is 12.0. The van der Waals surface area contributed by atoms with Gasteiger partial charge in [0.05, 0.1) is 0 Å². The first kappa shape index (κ1) is 10.4.